The Morgan fingerprint density at radius 1 is 0.957 bits per heavy atom. The third kappa shape index (κ3) is 11.9. The summed E-state index contributed by atoms with van der Waals surface area (Å²) in [6.45, 7) is 9.95. The van der Waals surface area contributed by atoms with Crippen molar-refractivity contribution in [1.29, 1.82) is 5.26 Å². The lowest BCUT2D eigenvalue weighted by Gasteiger charge is -2.40. The van der Waals surface area contributed by atoms with Gasteiger partial charge in [0.05, 0.1) is 38.6 Å². The summed E-state index contributed by atoms with van der Waals surface area (Å²) >= 11 is 6.87. The molecule has 0 saturated heterocycles. The number of thiocarbonyl (C=S) groups is 1. The number of nitrogens with zero attached hydrogens (tertiary/aromatic N) is 1. The van der Waals surface area contributed by atoms with Gasteiger partial charge in [0.1, 0.15) is 12.4 Å². The second-order valence-corrected chi connectivity index (χ2v) is 14.4. The fourth-order valence-electron chi connectivity index (χ4n) is 4.88. The summed E-state index contributed by atoms with van der Waals surface area (Å²) in [7, 11) is 0. The summed E-state index contributed by atoms with van der Waals surface area (Å²) in [6, 6.07) is 17.4. The van der Waals surface area contributed by atoms with Crippen LogP contribution in [-0.4, -0.2) is 63.6 Å². The van der Waals surface area contributed by atoms with E-state index in [1.54, 1.807) is 41.5 Å². The second-order valence-electron chi connectivity index (χ2n) is 12.2. The van der Waals surface area contributed by atoms with Crippen LogP contribution in [0.2, 0.25) is 0 Å². The lowest BCUT2D eigenvalue weighted by atomic mass is 9.69. The quantitative estimate of drug-likeness (QED) is 0.0965. The minimum absolute atomic E-state index is 0.00890. The van der Waals surface area contributed by atoms with Gasteiger partial charge < -0.3 is 25.2 Å². The van der Waals surface area contributed by atoms with Crippen LogP contribution in [0.25, 0.3) is 0 Å². The van der Waals surface area contributed by atoms with Gasteiger partial charge in [-0.15, -0.1) is 0 Å². The Morgan fingerprint density at radius 2 is 1.59 bits per heavy atom. The number of hydrogen-bond donors (Lipinski definition) is 3. The summed E-state index contributed by atoms with van der Waals surface area (Å²) < 4.78 is 9.62. The van der Waals surface area contributed by atoms with E-state index in [1.165, 1.54) is 24.3 Å². The molecule has 0 heterocycles. The number of carbonyl (C=O) groups is 4. The number of nitrogens with one attached hydrogen (secondary N) is 2. The molecule has 10 nitrogen and oxygen atoms in total. The summed E-state index contributed by atoms with van der Waals surface area (Å²) in [5.41, 5.74) is -1.12. The van der Waals surface area contributed by atoms with Crippen LogP contribution in [0.4, 0.5) is 0 Å². The molecule has 0 bridgehead atoms. The summed E-state index contributed by atoms with van der Waals surface area (Å²) in [5.74, 6) is -1.53. The van der Waals surface area contributed by atoms with Gasteiger partial charge in [-0.3, -0.25) is 14.4 Å². The van der Waals surface area contributed by atoms with E-state index >= 15 is 0 Å². The highest BCUT2D eigenvalue weighted by Crippen LogP contribution is 2.45. The molecule has 0 saturated carbocycles. The zero-order valence-electron chi connectivity index (χ0n) is 27.2. The van der Waals surface area contributed by atoms with E-state index in [0.29, 0.717) is 9.95 Å². The molecule has 12 heteroatoms. The molecule has 2 aromatic rings. The van der Waals surface area contributed by atoms with Crippen LogP contribution in [0.3, 0.4) is 0 Å². The highest BCUT2D eigenvalue weighted by molar-refractivity contribution is 8.25. The highest BCUT2D eigenvalue weighted by atomic mass is 32.2. The Kier molecular flexibility index (Phi) is 14.4. The summed E-state index contributed by atoms with van der Waals surface area (Å²) in [4.78, 5) is 51.5. The van der Waals surface area contributed by atoms with Gasteiger partial charge in [0.25, 0.3) is 0 Å². The first-order valence-electron chi connectivity index (χ1n) is 15.0. The van der Waals surface area contributed by atoms with E-state index in [4.69, 9.17) is 21.7 Å². The van der Waals surface area contributed by atoms with Crippen molar-refractivity contribution in [3.05, 3.63) is 65.7 Å². The van der Waals surface area contributed by atoms with Crippen molar-refractivity contribution in [1.82, 2.24) is 10.6 Å². The molecule has 0 aliphatic rings. The number of thioether (sulfide) groups is 1. The third-order valence-corrected chi connectivity index (χ3v) is 8.69. The van der Waals surface area contributed by atoms with Crippen LogP contribution < -0.4 is 15.4 Å². The fourth-order valence-corrected chi connectivity index (χ4v) is 6.78. The van der Waals surface area contributed by atoms with E-state index in [-0.39, 0.29) is 44.5 Å². The Morgan fingerprint density at radius 3 is 2.15 bits per heavy atom. The molecule has 3 atom stereocenters. The number of carbonyl (C=O) groups excluding carboxylic acids is 4. The molecular formula is C34H43N3O7S2. The van der Waals surface area contributed by atoms with Crippen molar-refractivity contribution in [3.63, 3.8) is 0 Å². The number of amides is 2. The molecule has 3 unspecified atom stereocenters. The number of aliphatic hydroxyl groups is 1. The van der Waals surface area contributed by atoms with Gasteiger partial charge in [-0.25, -0.2) is 4.79 Å². The summed E-state index contributed by atoms with van der Waals surface area (Å²) in [6.07, 6.45) is -0.420. The monoisotopic (exact) mass is 669 g/mol. The number of esters is 2. The highest BCUT2D eigenvalue weighted by Gasteiger charge is 2.48. The topological polar surface area (TPSA) is 155 Å². The fraction of sp³-hybridized carbons (Fsp3) is 0.471. The average molecular weight is 670 g/mol. The molecule has 0 radical (unpaired) electrons. The van der Waals surface area contributed by atoms with Crippen LogP contribution in [0, 0.1) is 22.2 Å². The van der Waals surface area contributed by atoms with Crippen molar-refractivity contribution in [3.8, 4) is 11.8 Å². The predicted molar refractivity (Wildman–Crippen MR) is 181 cm³/mol. The number of benzene rings is 2. The maximum absolute atomic E-state index is 13.9. The second kappa shape index (κ2) is 17.2. The molecule has 248 valence electrons. The van der Waals surface area contributed by atoms with Crippen LogP contribution in [0.1, 0.15) is 76.7 Å². The van der Waals surface area contributed by atoms with Crippen molar-refractivity contribution >= 4 is 51.9 Å². The Balaban J connectivity index is 2.24. The molecule has 0 aliphatic carbocycles. The SMILES string of the molecule is CCC(=O)Oc1ccc(C(=O)OCCNC(=O)C(C)(CC(C)(CC(C)(C)C#N)C(=O)NCC(C)O)SC(=S)c2ccccc2)cc1. The summed E-state index contributed by atoms with van der Waals surface area (Å²) in [5, 5.41) is 25.2. The number of ether oxygens (including phenoxy) is 2. The first kappa shape index (κ1) is 38.4. The Labute approximate surface area is 280 Å². The first-order valence-corrected chi connectivity index (χ1v) is 16.2. The van der Waals surface area contributed by atoms with Gasteiger partial charge in [-0.1, -0.05) is 68.2 Å². The molecule has 0 spiro atoms. The van der Waals surface area contributed by atoms with Gasteiger partial charge in [-0.05, 0) is 70.4 Å². The van der Waals surface area contributed by atoms with Gasteiger partial charge in [0.2, 0.25) is 11.8 Å². The van der Waals surface area contributed by atoms with Gasteiger partial charge in [-0.2, -0.15) is 5.26 Å². The minimum atomic E-state index is -1.29. The van der Waals surface area contributed by atoms with E-state index in [2.05, 4.69) is 16.7 Å². The van der Waals surface area contributed by atoms with Crippen molar-refractivity contribution in [2.24, 2.45) is 10.8 Å². The Bertz CT molecular complexity index is 1420. The van der Waals surface area contributed by atoms with Crippen LogP contribution in [-0.2, 0) is 19.1 Å². The van der Waals surface area contributed by atoms with E-state index in [9.17, 15) is 29.5 Å². The van der Waals surface area contributed by atoms with Crippen LogP contribution in [0.15, 0.2) is 54.6 Å². The van der Waals surface area contributed by atoms with Gasteiger partial charge >= 0.3 is 11.9 Å². The maximum Gasteiger partial charge on any atom is 0.338 e. The molecule has 0 aliphatic heterocycles. The zero-order chi connectivity index (χ0) is 34.5. The molecule has 46 heavy (non-hydrogen) atoms. The lowest BCUT2D eigenvalue weighted by molar-refractivity contribution is -0.135. The maximum atomic E-state index is 13.9. The lowest BCUT2D eigenvalue weighted by Crippen LogP contribution is -2.52. The van der Waals surface area contributed by atoms with Crippen molar-refractivity contribution in [2.45, 2.75) is 71.7 Å². The van der Waals surface area contributed by atoms with Crippen LogP contribution in [0.5, 0.6) is 5.75 Å². The molecule has 2 rings (SSSR count). The number of nitriles is 1. The van der Waals surface area contributed by atoms with Gasteiger partial charge in [0, 0.05) is 18.4 Å². The molecule has 0 fully saturated rings. The Hall–Kier alpha value is -3.79. The van der Waals surface area contributed by atoms with Gasteiger partial charge in [0.15, 0.2) is 0 Å². The molecular weight excluding hydrogens is 627 g/mol. The molecule has 2 aromatic carbocycles. The van der Waals surface area contributed by atoms with E-state index in [0.717, 1.165) is 17.3 Å². The standard InChI is InChI=1S/C34H43N3O7S2/c1-7-27(39)44-26-15-13-24(14-16-26)28(40)43-18-17-36-31(42)34(6,46-29(45)25-11-9-8-10-12-25)21-33(5,20-32(3,4)22-35)30(41)37-19-23(2)38/h8-16,23,38H,7,17-21H2,1-6H3,(H,36,42)(H,37,41). The van der Waals surface area contributed by atoms with Crippen molar-refractivity contribution < 1.29 is 33.8 Å². The number of rotatable bonds is 16. The van der Waals surface area contributed by atoms with Crippen molar-refractivity contribution in [2.75, 3.05) is 19.7 Å². The smallest absolute Gasteiger partial charge is 0.338 e. The van der Waals surface area contributed by atoms with E-state index < -0.39 is 45.4 Å². The van der Waals surface area contributed by atoms with Crippen LogP contribution >= 0.6 is 24.0 Å². The average Bonchev–Trinajstić information content (AvgIpc) is 3.01. The minimum Gasteiger partial charge on any atom is -0.460 e. The number of hydrogen-bond acceptors (Lipinski definition) is 10. The third-order valence-electron chi connectivity index (χ3n) is 7.01. The number of aliphatic hydroxyl groups excluding tert-OH is 1. The molecule has 0 aromatic heterocycles. The van der Waals surface area contributed by atoms with E-state index in [1.807, 2.05) is 30.3 Å². The normalized spacial score (nSPS) is 14.4. The first-order chi connectivity index (χ1) is 21.5. The largest absolute Gasteiger partial charge is 0.460 e. The molecule has 2 amide bonds. The predicted octanol–water partition coefficient (Wildman–Crippen LogP) is 4.98. The molecule has 3 N–H and O–H groups in total. The zero-order valence-corrected chi connectivity index (χ0v) is 28.8.